The van der Waals surface area contributed by atoms with Crippen LogP contribution in [0, 0.1) is 0 Å². The molecular formula is C10H16N2O. The van der Waals surface area contributed by atoms with Gasteiger partial charge in [-0.05, 0) is 38.7 Å². The fourth-order valence-corrected chi connectivity index (χ4v) is 2.07. The van der Waals surface area contributed by atoms with Gasteiger partial charge in [0.2, 0.25) is 0 Å². The molecule has 0 saturated heterocycles. The van der Waals surface area contributed by atoms with E-state index in [1.165, 1.54) is 17.7 Å². The molecule has 3 nitrogen and oxygen atoms in total. The molecule has 0 spiro atoms. The Kier molecular flexibility index (Phi) is 2.12. The van der Waals surface area contributed by atoms with Gasteiger partial charge in [-0.3, -0.25) is 4.68 Å². The molecule has 1 aliphatic carbocycles. The number of aliphatic hydroxyl groups is 1. The summed E-state index contributed by atoms with van der Waals surface area (Å²) in [5.41, 5.74) is 3.54. The second kappa shape index (κ2) is 3.14. The molecule has 1 aliphatic rings. The predicted molar refractivity (Wildman–Crippen MR) is 50.6 cm³/mol. The van der Waals surface area contributed by atoms with Crippen molar-refractivity contribution in [1.82, 2.24) is 9.78 Å². The van der Waals surface area contributed by atoms with Crippen molar-refractivity contribution >= 4 is 0 Å². The van der Waals surface area contributed by atoms with Crippen LogP contribution in [0.25, 0.3) is 0 Å². The quantitative estimate of drug-likeness (QED) is 0.748. The number of rotatable bonds is 2. The van der Waals surface area contributed by atoms with Crippen LogP contribution in [0.4, 0.5) is 0 Å². The molecule has 0 unspecified atom stereocenters. The van der Waals surface area contributed by atoms with Gasteiger partial charge in [-0.1, -0.05) is 0 Å². The van der Waals surface area contributed by atoms with Crippen molar-refractivity contribution in [2.75, 3.05) is 0 Å². The van der Waals surface area contributed by atoms with Gasteiger partial charge in [0, 0.05) is 6.04 Å². The largest absolute Gasteiger partial charge is 0.390 e. The van der Waals surface area contributed by atoms with Crippen molar-refractivity contribution in [3.63, 3.8) is 0 Å². The van der Waals surface area contributed by atoms with E-state index in [2.05, 4.69) is 18.9 Å². The molecule has 0 aromatic carbocycles. The molecule has 1 aromatic heterocycles. The highest BCUT2D eigenvalue weighted by molar-refractivity contribution is 5.30. The van der Waals surface area contributed by atoms with Crippen molar-refractivity contribution in [2.24, 2.45) is 0 Å². The molecule has 0 amide bonds. The number of hydrogen-bond donors (Lipinski definition) is 1. The maximum Gasteiger partial charge on any atom is 0.0852 e. The van der Waals surface area contributed by atoms with Gasteiger partial charge >= 0.3 is 0 Å². The number of aryl methyl sites for hydroxylation is 1. The van der Waals surface area contributed by atoms with E-state index in [9.17, 15) is 5.11 Å². The highest BCUT2D eigenvalue weighted by Gasteiger charge is 2.22. The average molecular weight is 180 g/mol. The predicted octanol–water partition coefficient (Wildman–Crippen LogP) is 1.45. The van der Waals surface area contributed by atoms with Gasteiger partial charge in [-0.25, -0.2) is 0 Å². The highest BCUT2D eigenvalue weighted by Crippen LogP contribution is 2.26. The Morgan fingerprint density at radius 2 is 2.23 bits per heavy atom. The van der Waals surface area contributed by atoms with Gasteiger partial charge in [0.1, 0.15) is 0 Å². The summed E-state index contributed by atoms with van der Waals surface area (Å²) >= 11 is 0. The SMILES string of the molecule is CC(C)n1nc2c(c1CO)CCC2. The number of hydrogen-bond acceptors (Lipinski definition) is 2. The standard InChI is InChI=1S/C10H16N2O/c1-7(2)12-10(6-13)8-4-3-5-9(8)11-12/h7,13H,3-6H2,1-2H3. The Morgan fingerprint density at radius 1 is 1.46 bits per heavy atom. The zero-order valence-corrected chi connectivity index (χ0v) is 8.25. The summed E-state index contributed by atoms with van der Waals surface area (Å²) in [5.74, 6) is 0. The van der Waals surface area contributed by atoms with Gasteiger partial charge in [-0.2, -0.15) is 5.10 Å². The fraction of sp³-hybridized carbons (Fsp3) is 0.700. The molecule has 0 fully saturated rings. The Labute approximate surface area is 78.4 Å². The van der Waals surface area contributed by atoms with Crippen LogP contribution in [0.5, 0.6) is 0 Å². The topological polar surface area (TPSA) is 38.0 Å². The molecule has 1 heterocycles. The smallest absolute Gasteiger partial charge is 0.0852 e. The third-order valence-electron chi connectivity index (χ3n) is 2.68. The van der Waals surface area contributed by atoms with Gasteiger partial charge in [-0.15, -0.1) is 0 Å². The summed E-state index contributed by atoms with van der Waals surface area (Å²) < 4.78 is 1.96. The van der Waals surface area contributed by atoms with Crippen LogP contribution in [0.1, 0.15) is 43.3 Å². The number of fused-ring (bicyclic) bond motifs is 1. The summed E-state index contributed by atoms with van der Waals surface area (Å²) in [6.45, 7) is 4.32. The second-order valence-corrected chi connectivity index (χ2v) is 3.92. The van der Waals surface area contributed by atoms with Crippen molar-refractivity contribution < 1.29 is 5.11 Å². The molecule has 1 N–H and O–H groups in total. The first-order valence-corrected chi connectivity index (χ1v) is 4.94. The van der Waals surface area contributed by atoms with Crippen LogP contribution in [-0.2, 0) is 19.4 Å². The lowest BCUT2D eigenvalue weighted by Gasteiger charge is -2.10. The van der Waals surface area contributed by atoms with E-state index >= 15 is 0 Å². The van der Waals surface area contributed by atoms with Crippen molar-refractivity contribution in [1.29, 1.82) is 0 Å². The molecule has 0 radical (unpaired) electrons. The Morgan fingerprint density at radius 3 is 2.85 bits per heavy atom. The molecule has 1 aromatic rings. The number of aliphatic hydroxyl groups excluding tert-OH is 1. The van der Waals surface area contributed by atoms with Gasteiger partial charge in [0.15, 0.2) is 0 Å². The maximum atomic E-state index is 9.26. The summed E-state index contributed by atoms with van der Waals surface area (Å²) in [6.07, 6.45) is 3.38. The monoisotopic (exact) mass is 180 g/mol. The Balaban J connectivity index is 2.47. The van der Waals surface area contributed by atoms with Crippen molar-refractivity contribution in [2.45, 2.75) is 45.8 Å². The second-order valence-electron chi connectivity index (χ2n) is 3.92. The van der Waals surface area contributed by atoms with E-state index in [4.69, 9.17) is 0 Å². The van der Waals surface area contributed by atoms with Gasteiger partial charge in [0.25, 0.3) is 0 Å². The zero-order chi connectivity index (χ0) is 9.42. The first kappa shape index (κ1) is 8.75. The van der Waals surface area contributed by atoms with Crippen LogP contribution in [0.2, 0.25) is 0 Å². The van der Waals surface area contributed by atoms with Crippen LogP contribution in [-0.4, -0.2) is 14.9 Å². The zero-order valence-electron chi connectivity index (χ0n) is 8.25. The molecule has 13 heavy (non-hydrogen) atoms. The van der Waals surface area contributed by atoms with E-state index in [-0.39, 0.29) is 6.61 Å². The summed E-state index contributed by atoms with van der Waals surface area (Å²) in [6, 6.07) is 0.354. The van der Waals surface area contributed by atoms with E-state index in [0.29, 0.717) is 6.04 Å². The third-order valence-corrected chi connectivity index (χ3v) is 2.68. The van der Waals surface area contributed by atoms with Crippen LogP contribution in [0.15, 0.2) is 0 Å². The maximum absolute atomic E-state index is 9.26. The van der Waals surface area contributed by atoms with E-state index < -0.39 is 0 Å². The lowest BCUT2D eigenvalue weighted by atomic mass is 10.2. The van der Waals surface area contributed by atoms with E-state index in [0.717, 1.165) is 18.5 Å². The van der Waals surface area contributed by atoms with E-state index in [1.807, 2.05) is 4.68 Å². The summed E-state index contributed by atoms with van der Waals surface area (Å²) in [4.78, 5) is 0. The molecule has 72 valence electrons. The van der Waals surface area contributed by atoms with Crippen LogP contribution in [0.3, 0.4) is 0 Å². The van der Waals surface area contributed by atoms with Gasteiger partial charge < -0.3 is 5.11 Å². The average Bonchev–Trinajstić information content (AvgIpc) is 2.60. The van der Waals surface area contributed by atoms with Crippen LogP contribution >= 0.6 is 0 Å². The first-order valence-electron chi connectivity index (χ1n) is 4.94. The fourth-order valence-electron chi connectivity index (χ4n) is 2.07. The molecule has 0 aliphatic heterocycles. The molecule has 0 saturated carbocycles. The Hall–Kier alpha value is -0.830. The van der Waals surface area contributed by atoms with Crippen molar-refractivity contribution in [3.8, 4) is 0 Å². The van der Waals surface area contributed by atoms with E-state index in [1.54, 1.807) is 0 Å². The van der Waals surface area contributed by atoms with Gasteiger partial charge in [0.05, 0.1) is 18.0 Å². The Bertz CT molecular complexity index is 315. The lowest BCUT2D eigenvalue weighted by molar-refractivity contribution is 0.262. The minimum Gasteiger partial charge on any atom is -0.390 e. The molecular weight excluding hydrogens is 164 g/mol. The number of nitrogens with zero attached hydrogens (tertiary/aromatic N) is 2. The normalized spacial score (nSPS) is 15.4. The summed E-state index contributed by atoms with van der Waals surface area (Å²) in [5, 5.41) is 13.8. The highest BCUT2D eigenvalue weighted by atomic mass is 16.3. The lowest BCUT2D eigenvalue weighted by Crippen LogP contribution is -2.09. The molecule has 0 atom stereocenters. The van der Waals surface area contributed by atoms with Crippen molar-refractivity contribution in [3.05, 3.63) is 17.0 Å². The first-order chi connectivity index (χ1) is 6.24. The molecule has 3 heteroatoms. The number of aromatic nitrogens is 2. The van der Waals surface area contributed by atoms with Crippen LogP contribution < -0.4 is 0 Å². The summed E-state index contributed by atoms with van der Waals surface area (Å²) in [7, 11) is 0. The minimum absolute atomic E-state index is 0.126. The molecule has 0 bridgehead atoms. The third kappa shape index (κ3) is 1.27. The molecule has 2 rings (SSSR count). The minimum atomic E-state index is 0.126.